The third-order valence-electron chi connectivity index (χ3n) is 4.99. The quantitative estimate of drug-likeness (QED) is 0.401. The molecular formula is C14H21I. The summed E-state index contributed by atoms with van der Waals surface area (Å²) in [6, 6.07) is 0. The van der Waals surface area contributed by atoms with Crippen LogP contribution in [0.15, 0.2) is 11.6 Å². The minimum atomic E-state index is 0.965. The van der Waals surface area contributed by atoms with Crippen LogP contribution in [0.5, 0.6) is 0 Å². The Balaban J connectivity index is 1.80. The highest BCUT2D eigenvalue weighted by Gasteiger charge is 2.47. The number of allylic oxidation sites excluding steroid dienone is 2. The number of hydrogen-bond donors (Lipinski definition) is 0. The maximum Gasteiger partial charge on any atom is 0.0203 e. The zero-order chi connectivity index (χ0) is 10.4. The van der Waals surface area contributed by atoms with Crippen LogP contribution in [0.1, 0.15) is 39.0 Å². The zero-order valence-corrected chi connectivity index (χ0v) is 11.7. The van der Waals surface area contributed by atoms with Crippen molar-refractivity contribution in [1.29, 1.82) is 0 Å². The molecule has 1 heteroatoms. The summed E-state index contributed by atoms with van der Waals surface area (Å²) < 4.78 is 1.22. The largest absolute Gasteiger partial charge is 0.0816 e. The molecule has 4 saturated carbocycles. The van der Waals surface area contributed by atoms with Crippen LogP contribution in [0.4, 0.5) is 0 Å². The highest BCUT2D eigenvalue weighted by Crippen LogP contribution is 2.57. The van der Waals surface area contributed by atoms with Crippen LogP contribution < -0.4 is 0 Å². The molecule has 0 amide bonds. The van der Waals surface area contributed by atoms with Crippen molar-refractivity contribution in [2.75, 3.05) is 4.43 Å². The van der Waals surface area contributed by atoms with Crippen LogP contribution in [0.3, 0.4) is 0 Å². The first kappa shape index (κ1) is 10.6. The van der Waals surface area contributed by atoms with Gasteiger partial charge >= 0.3 is 0 Å². The summed E-state index contributed by atoms with van der Waals surface area (Å²) in [5, 5.41) is 0. The van der Waals surface area contributed by atoms with Gasteiger partial charge in [-0.05, 0) is 68.6 Å². The fourth-order valence-corrected chi connectivity index (χ4v) is 4.87. The Hall–Kier alpha value is 0.470. The van der Waals surface area contributed by atoms with Crippen molar-refractivity contribution in [2.45, 2.75) is 39.0 Å². The van der Waals surface area contributed by atoms with E-state index >= 15 is 0 Å². The van der Waals surface area contributed by atoms with Gasteiger partial charge in [0.15, 0.2) is 0 Å². The summed E-state index contributed by atoms with van der Waals surface area (Å²) in [5.74, 6) is 5.35. The van der Waals surface area contributed by atoms with Gasteiger partial charge in [-0.2, -0.15) is 0 Å². The second kappa shape index (κ2) is 4.05. The lowest BCUT2D eigenvalue weighted by atomic mass is 9.52. The normalized spacial score (nSPS) is 48.7. The lowest BCUT2D eigenvalue weighted by molar-refractivity contribution is -0.0164. The van der Waals surface area contributed by atoms with E-state index in [1.54, 1.807) is 37.7 Å². The SMILES string of the molecule is C/C(=C\C1C2CC3CC(C2)CC1C3)CI. The molecule has 0 heterocycles. The Morgan fingerprint density at radius 2 is 1.60 bits per heavy atom. The first-order valence-corrected chi connectivity index (χ1v) is 8.02. The number of rotatable bonds is 2. The Kier molecular flexibility index (Phi) is 2.86. The third-order valence-corrected chi connectivity index (χ3v) is 6.19. The highest BCUT2D eigenvalue weighted by molar-refractivity contribution is 14.1. The van der Waals surface area contributed by atoms with E-state index in [9.17, 15) is 0 Å². The summed E-state index contributed by atoms with van der Waals surface area (Å²) in [6.07, 6.45) is 10.4. The Morgan fingerprint density at radius 1 is 1.07 bits per heavy atom. The van der Waals surface area contributed by atoms with Crippen molar-refractivity contribution in [3.05, 3.63) is 11.6 Å². The molecule has 4 bridgehead atoms. The van der Waals surface area contributed by atoms with Crippen LogP contribution in [0, 0.1) is 29.6 Å². The van der Waals surface area contributed by atoms with E-state index in [2.05, 4.69) is 35.6 Å². The fourth-order valence-electron chi connectivity index (χ4n) is 4.61. The highest BCUT2D eigenvalue weighted by atomic mass is 127. The summed E-state index contributed by atoms with van der Waals surface area (Å²) >= 11 is 2.50. The number of alkyl halides is 1. The predicted octanol–water partition coefficient (Wildman–Crippen LogP) is 4.44. The van der Waals surface area contributed by atoms with Crippen LogP contribution >= 0.6 is 22.6 Å². The molecule has 0 aromatic heterocycles. The molecule has 0 aromatic rings. The summed E-state index contributed by atoms with van der Waals surface area (Å²) in [4.78, 5) is 0. The second-order valence-corrected chi connectivity index (χ2v) is 6.92. The predicted molar refractivity (Wildman–Crippen MR) is 73.2 cm³/mol. The number of halogens is 1. The summed E-state index contributed by atoms with van der Waals surface area (Å²) in [5.41, 5.74) is 1.62. The topological polar surface area (TPSA) is 0 Å². The number of hydrogen-bond acceptors (Lipinski definition) is 0. The summed E-state index contributed by atoms with van der Waals surface area (Å²) in [6.45, 7) is 2.32. The van der Waals surface area contributed by atoms with Gasteiger partial charge in [-0.25, -0.2) is 0 Å². The molecule has 0 atom stereocenters. The van der Waals surface area contributed by atoms with Crippen molar-refractivity contribution in [1.82, 2.24) is 0 Å². The van der Waals surface area contributed by atoms with Crippen molar-refractivity contribution >= 4 is 22.6 Å². The molecule has 0 aromatic carbocycles. The minimum absolute atomic E-state index is 0.965. The molecule has 4 rings (SSSR count). The molecule has 15 heavy (non-hydrogen) atoms. The van der Waals surface area contributed by atoms with Gasteiger partial charge in [-0.3, -0.25) is 0 Å². The molecule has 0 N–H and O–H groups in total. The lowest BCUT2D eigenvalue weighted by Gasteiger charge is -2.54. The Morgan fingerprint density at radius 3 is 2.07 bits per heavy atom. The van der Waals surface area contributed by atoms with Gasteiger partial charge in [0.05, 0.1) is 0 Å². The third kappa shape index (κ3) is 1.89. The van der Waals surface area contributed by atoms with E-state index in [4.69, 9.17) is 0 Å². The molecule has 0 spiro atoms. The maximum absolute atomic E-state index is 2.64. The summed E-state index contributed by atoms with van der Waals surface area (Å²) in [7, 11) is 0. The molecule has 0 radical (unpaired) electrons. The monoisotopic (exact) mass is 316 g/mol. The smallest absolute Gasteiger partial charge is 0.0203 e. The molecule has 84 valence electrons. The van der Waals surface area contributed by atoms with Crippen molar-refractivity contribution in [3.63, 3.8) is 0 Å². The molecule has 4 aliphatic carbocycles. The van der Waals surface area contributed by atoms with E-state index in [1.807, 2.05) is 0 Å². The van der Waals surface area contributed by atoms with Gasteiger partial charge in [-0.1, -0.05) is 34.2 Å². The second-order valence-electron chi connectivity index (χ2n) is 6.15. The van der Waals surface area contributed by atoms with Crippen LogP contribution in [0.2, 0.25) is 0 Å². The fraction of sp³-hybridized carbons (Fsp3) is 0.857. The Bertz CT molecular complexity index is 251. The minimum Gasteiger partial charge on any atom is -0.0816 e. The molecule has 0 aliphatic heterocycles. The van der Waals surface area contributed by atoms with E-state index in [-0.39, 0.29) is 0 Å². The van der Waals surface area contributed by atoms with Gasteiger partial charge in [0.2, 0.25) is 0 Å². The first-order valence-electron chi connectivity index (χ1n) is 6.49. The molecule has 0 unspecified atom stereocenters. The van der Waals surface area contributed by atoms with Gasteiger partial charge < -0.3 is 0 Å². The first-order chi connectivity index (χ1) is 7.26. The Labute approximate surface area is 107 Å². The van der Waals surface area contributed by atoms with Crippen LogP contribution in [-0.4, -0.2) is 4.43 Å². The van der Waals surface area contributed by atoms with E-state index in [1.165, 1.54) is 4.43 Å². The van der Waals surface area contributed by atoms with E-state index in [0.717, 1.165) is 29.6 Å². The standard InChI is InChI=1S/C14H21I/c1-9(8-15)2-14-12-4-10-3-11(6-12)7-13(14)5-10/h2,10-14H,3-8H2,1H3/b9-2+. The van der Waals surface area contributed by atoms with Gasteiger partial charge in [0, 0.05) is 4.43 Å². The molecule has 4 fully saturated rings. The molecule has 4 aliphatic rings. The van der Waals surface area contributed by atoms with Crippen LogP contribution in [-0.2, 0) is 0 Å². The van der Waals surface area contributed by atoms with Gasteiger partial charge in [0.1, 0.15) is 0 Å². The molecular weight excluding hydrogens is 295 g/mol. The van der Waals surface area contributed by atoms with Crippen LogP contribution in [0.25, 0.3) is 0 Å². The molecule has 0 saturated heterocycles. The van der Waals surface area contributed by atoms with E-state index < -0.39 is 0 Å². The van der Waals surface area contributed by atoms with Gasteiger partial charge in [0.25, 0.3) is 0 Å². The lowest BCUT2D eigenvalue weighted by Crippen LogP contribution is -2.44. The average molecular weight is 316 g/mol. The van der Waals surface area contributed by atoms with E-state index in [0.29, 0.717) is 0 Å². The van der Waals surface area contributed by atoms with Crippen molar-refractivity contribution in [2.24, 2.45) is 29.6 Å². The van der Waals surface area contributed by atoms with Crippen molar-refractivity contribution in [3.8, 4) is 0 Å². The molecule has 0 nitrogen and oxygen atoms in total. The average Bonchev–Trinajstić information content (AvgIpc) is 2.22. The van der Waals surface area contributed by atoms with Gasteiger partial charge in [-0.15, -0.1) is 0 Å². The zero-order valence-electron chi connectivity index (χ0n) is 9.58. The van der Waals surface area contributed by atoms with Crippen molar-refractivity contribution < 1.29 is 0 Å². The maximum atomic E-state index is 2.64.